The van der Waals surface area contributed by atoms with Crippen LogP contribution in [0.2, 0.25) is 0 Å². The van der Waals surface area contributed by atoms with Gasteiger partial charge in [-0.2, -0.15) is 0 Å². The summed E-state index contributed by atoms with van der Waals surface area (Å²) in [6.45, 7) is 0.311. The van der Waals surface area contributed by atoms with Crippen LogP contribution in [-0.4, -0.2) is 9.55 Å². The maximum Gasteiger partial charge on any atom is 0.147 e. The predicted molar refractivity (Wildman–Crippen MR) is 61.6 cm³/mol. The lowest BCUT2D eigenvalue weighted by Crippen LogP contribution is -2.02. The van der Waals surface area contributed by atoms with Crippen molar-refractivity contribution in [3.05, 3.63) is 46.7 Å². The number of aromatic nitrogens is 2. The van der Waals surface area contributed by atoms with Crippen LogP contribution in [0, 0.1) is 5.82 Å². The third kappa shape index (κ3) is 2.61. The molecule has 0 spiro atoms. The first-order valence-electron chi connectivity index (χ1n) is 4.71. The Morgan fingerprint density at radius 3 is 2.94 bits per heavy atom. The molecule has 1 heterocycles. The van der Waals surface area contributed by atoms with Crippen molar-refractivity contribution in [2.75, 3.05) is 0 Å². The van der Waals surface area contributed by atoms with E-state index in [-0.39, 0.29) is 5.82 Å². The third-order valence-electron chi connectivity index (χ3n) is 2.11. The van der Waals surface area contributed by atoms with Crippen LogP contribution in [0.25, 0.3) is 0 Å². The molecule has 2 rings (SSSR count). The second-order valence-electron chi connectivity index (χ2n) is 3.34. The summed E-state index contributed by atoms with van der Waals surface area (Å²) >= 11 is 3.27. The zero-order valence-electron chi connectivity index (χ0n) is 8.65. The normalized spacial score (nSPS) is 10.4. The van der Waals surface area contributed by atoms with E-state index >= 15 is 0 Å². The first kappa shape index (κ1) is 11.1. The average Bonchev–Trinajstić information content (AvgIpc) is 2.54. The number of hydrogen-bond donors (Lipinski definition) is 0. The maximum atomic E-state index is 12.9. The van der Waals surface area contributed by atoms with Crippen molar-refractivity contribution < 1.29 is 9.13 Å². The Morgan fingerprint density at radius 2 is 2.31 bits per heavy atom. The molecule has 0 saturated heterocycles. The zero-order valence-corrected chi connectivity index (χ0v) is 10.2. The molecule has 0 radical (unpaired) electrons. The molecule has 2 aromatic rings. The van der Waals surface area contributed by atoms with Crippen molar-refractivity contribution in [3.8, 4) is 5.75 Å². The van der Waals surface area contributed by atoms with Gasteiger partial charge < -0.3 is 9.30 Å². The van der Waals surface area contributed by atoms with Crippen LogP contribution in [0.1, 0.15) is 5.82 Å². The van der Waals surface area contributed by atoms with E-state index in [9.17, 15) is 4.39 Å². The molecule has 0 fully saturated rings. The fourth-order valence-corrected chi connectivity index (χ4v) is 1.82. The van der Waals surface area contributed by atoms with E-state index in [1.807, 2.05) is 17.8 Å². The van der Waals surface area contributed by atoms with Crippen molar-refractivity contribution in [3.63, 3.8) is 0 Å². The van der Waals surface area contributed by atoms with Crippen molar-refractivity contribution in [1.82, 2.24) is 9.55 Å². The van der Waals surface area contributed by atoms with E-state index in [4.69, 9.17) is 4.74 Å². The number of imidazole rings is 1. The van der Waals surface area contributed by atoms with E-state index in [1.54, 1.807) is 12.1 Å². The van der Waals surface area contributed by atoms with Crippen LogP contribution in [0.3, 0.4) is 0 Å². The lowest BCUT2D eigenvalue weighted by Gasteiger charge is -2.05. The molecule has 5 heteroatoms. The van der Waals surface area contributed by atoms with Crippen molar-refractivity contribution >= 4 is 15.9 Å². The predicted octanol–water partition coefficient (Wildman–Crippen LogP) is 2.90. The van der Waals surface area contributed by atoms with Gasteiger partial charge in [0, 0.05) is 19.3 Å². The van der Waals surface area contributed by atoms with Crippen LogP contribution in [0.4, 0.5) is 4.39 Å². The second kappa shape index (κ2) is 4.65. The van der Waals surface area contributed by atoms with Crippen LogP contribution < -0.4 is 4.74 Å². The van der Waals surface area contributed by atoms with Gasteiger partial charge in [-0.15, -0.1) is 0 Å². The summed E-state index contributed by atoms with van der Waals surface area (Å²) in [5, 5.41) is 0. The van der Waals surface area contributed by atoms with E-state index in [0.29, 0.717) is 12.4 Å². The van der Waals surface area contributed by atoms with Crippen LogP contribution in [0.15, 0.2) is 35.1 Å². The first-order chi connectivity index (χ1) is 7.65. The van der Waals surface area contributed by atoms with Gasteiger partial charge in [0.25, 0.3) is 0 Å². The van der Waals surface area contributed by atoms with Crippen LogP contribution in [0.5, 0.6) is 5.75 Å². The molecule has 0 saturated carbocycles. The average molecular weight is 285 g/mol. The monoisotopic (exact) mass is 284 g/mol. The molecule has 0 bridgehead atoms. The minimum atomic E-state index is -0.307. The first-order valence-corrected chi connectivity index (χ1v) is 5.50. The Labute approximate surface area is 101 Å². The summed E-state index contributed by atoms with van der Waals surface area (Å²) in [6, 6.07) is 6.04. The zero-order chi connectivity index (χ0) is 11.5. The molecule has 0 N–H and O–H groups in total. The van der Waals surface area contributed by atoms with Gasteiger partial charge in [-0.3, -0.25) is 0 Å². The Hall–Kier alpha value is -1.36. The number of aryl methyl sites for hydroxylation is 1. The SMILES string of the molecule is Cn1cc(Br)nc1COc1cccc(F)c1. The highest BCUT2D eigenvalue weighted by molar-refractivity contribution is 9.10. The maximum absolute atomic E-state index is 12.9. The van der Waals surface area contributed by atoms with Gasteiger partial charge >= 0.3 is 0 Å². The van der Waals surface area contributed by atoms with Gasteiger partial charge in [-0.25, -0.2) is 9.37 Å². The molecule has 3 nitrogen and oxygen atoms in total. The number of halogens is 2. The molecule has 0 aliphatic rings. The Kier molecular flexibility index (Phi) is 3.24. The summed E-state index contributed by atoms with van der Waals surface area (Å²) in [4.78, 5) is 4.21. The number of ether oxygens (including phenoxy) is 1. The standard InChI is InChI=1S/C11H10BrFN2O/c1-15-6-10(12)14-11(15)7-16-9-4-2-3-8(13)5-9/h2-6H,7H2,1H3. The largest absolute Gasteiger partial charge is 0.486 e. The molecular formula is C11H10BrFN2O. The lowest BCUT2D eigenvalue weighted by molar-refractivity contribution is 0.290. The highest BCUT2D eigenvalue weighted by Crippen LogP contribution is 2.15. The molecule has 0 aliphatic carbocycles. The fourth-order valence-electron chi connectivity index (χ4n) is 1.30. The molecule has 0 aliphatic heterocycles. The van der Waals surface area contributed by atoms with E-state index in [1.165, 1.54) is 12.1 Å². The topological polar surface area (TPSA) is 27.1 Å². The summed E-state index contributed by atoms with van der Waals surface area (Å²) in [6.07, 6.45) is 1.84. The minimum absolute atomic E-state index is 0.307. The van der Waals surface area contributed by atoms with Gasteiger partial charge in [-0.1, -0.05) is 6.07 Å². The lowest BCUT2D eigenvalue weighted by atomic mass is 10.3. The van der Waals surface area contributed by atoms with Gasteiger partial charge in [0.15, 0.2) is 0 Å². The molecular weight excluding hydrogens is 275 g/mol. The molecule has 84 valence electrons. The fraction of sp³-hybridized carbons (Fsp3) is 0.182. The van der Waals surface area contributed by atoms with Gasteiger partial charge in [0.1, 0.15) is 28.6 Å². The van der Waals surface area contributed by atoms with Crippen molar-refractivity contribution in [2.45, 2.75) is 6.61 Å². The number of benzene rings is 1. The molecule has 0 unspecified atom stereocenters. The summed E-state index contributed by atoms with van der Waals surface area (Å²) in [5.41, 5.74) is 0. The molecule has 0 atom stereocenters. The van der Waals surface area contributed by atoms with Crippen LogP contribution >= 0.6 is 15.9 Å². The number of hydrogen-bond acceptors (Lipinski definition) is 2. The highest BCUT2D eigenvalue weighted by Gasteiger charge is 2.04. The molecule has 1 aromatic heterocycles. The number of rotatable bonds is 3. The molecule has 16 heavy (non-hydrogen) atoms. The van der Waals surface area contributed by atoms with E-state index < -0.39 is 0 Å². The minimum Gasteiger partial charge on any atom is -0.486 e. The summed E-state index contributed by atoms with van der Waals surface area (Å²) in [5.74, 6) is 0.966. The van der Waals surface area contributed by atoms with E-state index in [2.05, 4.69) is 20.9 Å². The van der Waals surface area contributed by atoms with Crippen molar-refractivity contribution in [1.29, 1.82) is 0 Å². The quantitative estimate of drug-likeness (QED) is 0.867. The Morgan fingerprint density at radius 1 is 1.50 bits per heavy atom. The van der Waals surface area contributed by atoms with Gasteiger partial charge in [-0.05, 0) is 28.1 Å². The van der Waals surface area contributed by atoms with Gasteiger partial charge in [0.2, 0.25) is 0 Å². The summed E-state index contributed by atoms with van der Waals surface area (Å²) < 4.78 is 20.9. The highest BCUT2D eigenvalue weighted by atomic mass is 79.9. The Bertz CT molecular complexity index is 498. The van der Waals surface area contributed by atoms with Crippen LogP contribution in [-0.2, 0) is 13.7 Å². The molecule has 1 aromatic carbocycles. The second-order valence-corrected chi connectivity index (χ2v) is 4.15. The Balaban J connectivity index is 2.05. The third-order valence-corrected chi connectivity index (χ3v) is 2.49. The smallest absolute Gasteiger partial charge is 0.147 e. The number of nitrogens with zero attached hydrogens (tertiary/aromatic N) is 2. The van der Waals surface area contributed by atoms with Gasteiger partial charge in [0.05, 0.1) is 0 Å². The van der Waals surface area contributed by atoms with Crippen molar-refractivity contribution in [2.24, 2.45) is 7.05 Å². The molecule has 0 amide bonds. The summed E-state index contributed by atoms with van der Waals surface area (Å²) in [7, 11) is 1.88. The van der Waals surface area contributed by atoms with E-state index in [0.717, 1.165) is 10.4 Å².